The second-order valence-electron chi connectivity index (χ2n) is 1.90. The van der Waals surface area contributed by atoms with Crippen LogP contribution < -0.4 is 0 Å². The van der Waals surface area contributed by atoms with Gasteiger partial charge in [0.15, 0.2) is 0 Å². The van der Waals surface area contributed by atoms with Gasteiger partial charge in [-0.2, -0.15) is 5.26 Å². The Balaban J connectivity index is 2.45. The summed E-state index contributed by atoms with van der Waals surface area (Å²) in [6.07, 6.45) is 0. The molecule has 1 atom stereocenters. The van der Waals surface area contributed by atoms with Gasteiger partial charge in [-0.15, -0.1) is 11.8 Å². The van der Waals surface area contributed by atoms with E-state index in [-0.39, 0.29) is 6.04 Å². The molecule has 0 radical (unpaired) electrons. The van der Waals surface area contributed by atoms with E-state index in [1.165, 1.54) is 0 Å². The summed E-state index contributed by atoms with van der Waals surface area (Å²) in [6.45, 7) is 0. The molecule has 0 aromatic rings. The Bertz CT molecular complexity index is 118. The van der Waals surface area contributed by atoms with Crippen LogP contribution in [0.25, 0.3) is 0 Å². The minimum atomic E-state index is 0.167. The molecule has 0 spiro atoms. The van der Waals surface area contributed by atoms with Gasteiger partial charge in [-0.25, -0.2) is 0 Å². The van der Waals surface area contributed by atoms with E-state index in [0.29, 0.717) is 0 Å². The summed E-state index contributed by atoms with van der Waals surface area (Å²) in [5.74, 6) is 1.99. The van der Waals surface area contributed by atoms with Crippen molar-refractivity contribution in [3.05, 3.63) is 0 Å². The summed E-state index contributed by atoms with van der Waals surface area (Å²) in [4.78, 5) is 2.06. The molecule has 0 amide bonds. The van der Waals surface area contributed by atoms with E-state index in [1.54, 1.807) is 0 Å². The first kappa shape index (κ1) is 5.93. The highest BCUT2D eigenvalue weighted by molar-refractivity contribution is 7.99. The van der Waals surface area contributed by atoms with Gasteiger partial charge in [-0.05, 0) is 7.05 Å². The van der Waals surface area contributed by atoms with Crippen LogP contribution in [0.1, 0.15) is 0 Å². The molecule has 1 heterocycles. The Hall–Kier alpha value is -0.200. The average Bonchev–Trinajstić information content (AvgIpc) is 2.14. The van der Waals surface area contributed by atoms with Crippen LogP contribution >= 0.6 is 11.8 Å². The van der Waals surface area contributed by atoms with Gasteiger partial charge in [0.05, 0.1) is 6.07 Å². The molecule has 0 N–H and O–H groups in total. The third-order valence-corrected chi connectivity index (χ3v) is 2.39. The van der Waals surface area contributed by atoms with Crippen LogP contribution in [0, 0.1) is 11.3 Å². The number of hydrogen-bond donors (Lipinski definition) is 0. The van der Waals surface area contributed by atoms with Crippen LogP contribution in [0.15, 0.2) is 0 Å². The van der Waals surface area contributed by atoms with E-state index in [0.717, 1.165) is 11.6 Å². The number of rotatable bonds is 0. The van der Waals surface area contributed by atoms with Gasteiger partial charge >= 0.3 is 0 Å². The van der Waals surface area contributed by atoms with Gasteiger partial charge in [0, 0.05) is 11.6 Å². The monoisotopic (exact) mass is 128 g/mol. The van der Waals surface area contributed by atoms with Crippen LogP contribution in [0.5, 0.6) is 0 Å². The molecule has 0 unspecified atom stereocenters. The fraction of sp³-hybridized carbons (Fsp3) is 0.800. The minimum Gasteiger partial charge on any atom is -0.281 e. The van der Waals surface area contributed by atoms with Crippen LogP contribution in [0.4, 0.5) is 0 Å². The molecule has 0 aliphatic carbocycles. The maximum atomic E-state index is 8.43. The first-order chi connectivity index (χ1) is 3.84. The van der Waals surface area contributed by atoms with Gasteiger partial charge in [0.1, 0.15) is 6.04 Å². The Labute approximate surface area is 53.5 Å². The molecule has 0 aromatic heterocycles. The predicted molar refractivity (Wildman–Crippen MR) is 34.5 cm³/mol. The largest absolute Gasteiger partial charge is 0.281 e. The Morgan fingerprint density at radius 1 is 1.88 bits per heavy atom. The minimum absolute atomic E-state index is 0.167. The van der Waals surface area contributed by atoms with E-state index in [9.17, 15) is 0 Å². The molecule has 3 heteroatoms. The number of nitrogens with zero attached hydrogens (tertiary/aromatic N) is 2. The highest BCUT2D eigenvalue weighted by atomic mass is 32.2. The summed E-state index contributed by atoms with van der Waals surface area (Å²) in [5, 5.41) is 8.43. The molecular formula is C5H8N2S. The lowest BCUT2D eigenvalue weighted by Crippen LogP contribution is -2.24. The first-order valence-corrected chi connectivity index (χ1v) is 3.67. The van der Waals surface area contributed by atoms with Gasteiger partial charge < -0.3 is 0 Å². The van der Waals surface area contributed by atoms with E-state index < -0.39 is 0 Å². The Kier molecular flexibility index (Phi) is 1.77. The van der Waals surface area contributed by atoms with Crippen molar-refractivity contribution < 1.29 is 0 Å². The van der Waals surface area contributed by atoms with Crippen LogP contribution in [0.3, 0.4) is 0 Å². The van der Waals surface area contributed by atoms with Gasteiger partial charge in [-0.3, -0.25) is 4.90 Å². The molecule has 44 valence electrons. The second kappa shape index (κ2) is 2.38. The van der Waals surface area contributed by atoms with Crippen molar-refractivity contribution in [2.75, 3.05) is 18.7 Å². The van der Waals surface area contributed by atoms with E-state index in [4.69, 9.17) is 5.26 Å². The molecule has 2 nitrogen and oxygen atoms in total. The molecular weight excluding hydrogens is 120 g/mol. The summed E-state index contributed by atoms with van der Waals surface area (Å²) in [7, 11) is 1.98. The predicted octanol–water partition coefficient (Wildman–Crippen LogP) is 0.515. The summed E-state index contributed by atoms with van der Waals surface area (Å²) >= 11 is 1.82. The average molecular weight is 128 g/mol. The number of hydrogen-bond acceptors (Lipinski definition) is 3. The van der Waals surface area contributed by atoms with Crippen molar-refractivity contribution in [1.82, 2.24) is 4.90 Å². The number of nitriles is 1. The third kappa shape index (κ3) is 0.960. The van der Waals surface area contributed by atoms with E-state index >= 15 is 0 Å². The molecule has 1 aliphatic heterocycles. The van der Waals surface area contributed by atoms with E-state index in [2.05, 4.69) is 11.0 Å². The van der Waals surface area contributed by atoms with Crippen molar-refractivity contribution in [3.8, 4) is 6.07 Å². The molecule has 0 aromatic carbocycles. The molecule has 0 saturated carbocycles. The SMILES string of the molecule is CN1CSC[C@H]1C#N. The molecule has 1 rings (SSSR count). The number of thioether (sulfide) groups is 1. The maximum absolute atomic E-state index is 8.43. The van der Waals surface area contributed by atoms with Crippen LogP contribution in [0.2, 0.25) is 0 Å². The Morgan fingerprint density at radius 2 is 2.62 bits per heavy atom. The highest BCUT2D eigenvalue weighted by Crippen LogP contribution is 2.16. The third-order valence-electron chi connectivity index (χ3n) is 1.25. The Morgan fingerprint density at radius 3 is 2.88 bits per heavy atom. The normalized spacial score (nSPS) is 30.2. The second-order valence-corrected chi connectivity index (χ2v) is 2.90. The van der Waals surface area contributed by atoms with Crippen molar-refractivity contribution in [2.24, 2.45) is 0 Å². The molecule has 8 heavy (non-hydrogen) atoms. The molecule has 0 bridgehead atoms. The zero-order chi connectivity index (χ0) is 5.98. The standard InChI is InChI=1S/C5H8N2S/c1-7-4-8-3-5(7)2-6/h5H,3-4H2,1H3/t5-/m1/s1. The van der Waals surface area contributed by atoms with Gasteiger partial charge in [-0.1, -0.05) is 0 Å². The molecule has 1 aliphatic rings. The lowest BCUT2D eigenvalue weighted by molar-refractivity contribution is 0.379. The van der Waals surface area contributed by atoms with Crippen molar-refractivity contribution in [1.29, 1.82) is 5.26 Å². The summed E-state index contributed by atoms with van der Waals surface area (Å²) < 4.78 is 0. The van der Waals surface area contributed by atoms with Gasteiger partial charge in [0.25, 0.3) is 0 Å². The van der Waals surface area contributed by atoms with Crippen LogP contribution in [-0.2, 0) is 0 Å². The quantitative estimate of drug-likeness (QED) is 0.476. The fourth-order valence-corrected chi connectivity index (χ4v) is 1.79. The summed E-state index contributed by atoms with van der Waals surface area (Å²) in [5.41, 5.74) is 0. The highest BCUT2D eigenvalue weighted by Gasteiger charge is 2.19. The van der Waals surface area contributed by atoms with Crippen molar-refractivity contribution >= 4 is 11.8 Å². The summed E-state index contributed by atoms with van der Waals surface area (Å²) in [6, 6.07) is 2.39. The zero-order valence-electron chi connectivity index (χ0n) is 4.79. The fourth-order valence-electron chi connectivity index (χ4n) is 0.661. The first-order valence-electron chi connectivity index (χ1n) is 2.52. The lowest BCUT2D eigenvalue weighted by Gasteiger charge is -2.07. The maximum Gasteiger partial charge on any atom is 0.107 e. The lowest BCUT2D eigenvalue weighted by atomic mass is 10.4. The smallest absolute Gasteiger partial charge is 0.107 e. The zero-order valence-corrected chi connectivity index (χ0v) is 5.61. The van der Waals surface area contributed by atoms with E-state index in [1.807, 2.05) is 18.8 Å². The molecule has 1 fully saturated rings. The van der Waals surface area contributed by atoms with Crippen molar-refractivity contribution in [3.63, 3.8) is 0 Å². The molecule has 1 saturated heterocycles. The van der Waals surface area contributed by atoms with Crippen molar-refractivity contribution in [2.45, 2.75) is 6.04 Å². The van der Waals surface area contributed by atoms with Gasteiger partial charge in [0.2, 0.25) is 0 Å². The van der Waals surface area contributed by atoms with Crippen LogP contribution in [-0.4, -0.2) is 29.6 Å². The topological polar surface area (TPSA) is 27.0 Å².